The molecule has 1 aromatic carbocycles. The van der Waals surface area contributed by atoms with Crippen LogP contribution in [0.5, 0.6) is 0 Å². The van der Waals surface area contributed by atoms with Crippen molar-refractivity contribution < 1.29 is 19.2 Å². The predicted octanol–water partition coefficient (Wildman–Crippen LogP) is 1.34. The summed E-state index contributed by atoms with van der Waals surface area (Å²) in [6.45, 7) is 0. The van der Waals surface area contributed by atoms with Crippen molar-refractivity contribution >= 4 is 29.1 Å². The number of hydrogen-bond acceptors (Lipinski definition) is 5. The van der Waals surface area contributed by atoms with Crippen LogP contribution in [-0.4, -0.2) is 34.3 Å². The van der Waals surface area contributed by atoms with Crippen molar-refractivity contribution in [1.29, 1.82) is 0 Å². The second kappa shape index (κ2) is 5.36. The van der Waals surface area contributed by atoms with Crippen LogP contribution in [0.25, 0.3) is 0 Å². The Bertz CT molecular complexity index is 695. The topological polar surface area (TPSA) is 97.5 Å². The Morgan fingerprint density at radius 2 is 1.68 bits per heavy atom. The van der Waals surface area contributed by atoms with Crippen molar-refractivity contribution in [1.82, 2.24) is 4.90 Å². The molecule has 1 aliphatic heterocycles. The van der Waals surface area contributed by atoms with Crippen LogP contribution in [0, 0.1) is 0 Å². The Balaban J connectivity index is 1.94. The standard InChI is InChI=1S/C16H16N2O4/c17-9-4-6-11-12(8-9)16(22)18(15(11)21)13-7-5-10(19)2-1-3-14(13)20/h4,6,8,13H,1-3,5,7,17H2. The summed E-state index contributed by atoms with van der Waals surface area (Å²) in [5.41, 5.74) is 6.54. The summed E-state index contributed by atoms with van der Waals surface area (Å²) in [4.78, 5) is 49.9. The van der Waals surface area contributed by atoms with Gasteiger partial charge in [0, 0.05) is 24.9 Å². The van der Waals surface area contributed by atoms with E-state index in [4.69, 9.17) is 5.73 Å². The molecule has 114 valence electrons. The molecule has 1 unspecified atom stereocenters. The molecule has 6 heteroatoms. The first-order chi connectivity index (χ1) is 10.5. The fourth-order valence-corrected chi connectivity index (χ4v) is 3.04. The summed E-state index contributed by atoms with van der Waals surface area (Å²) >= 11 is 0. The van der Waals surface area contributed by atoms with Crippen molar-refractivity contribution in [3.63, 3.8) is 0 Å². The average Bonchev–Trinajstić information content (AvgIpc) is 2.70. The van der Waals surface area contributed by atoms with Crippen LogP contribution in [-0.2, 0) is 9.59 Å². The van der Waals surface area contributed by atoms with Gasteiger partial charge in [-0.2, -0.15) is 0 Å². The van der Waals surface area contributed by atoms with E-state index in [1.807, 2.05) is 0 Å². The van der Waals surface area contributed by atoms with Crippen molar-refractivity contribution in [2.24, 2.45) is 0 Å². The summed E-state index contributed by atoms with van der Waals surface area (Å²) in [7, 11) is 0. The second-order valence-electron chi connectivity index (χ2n) is 5.70. The van der Waals surface area contributed by atoms with E-state index in [0.717, 1.165) is 4.90 Å². The number of carbonyl (C=O) groups is 4. The third kappa shape index (κ3) is 2.30. The maximum atomic E-state index is 12.5. The van der Waals surface area contributed by atoms with Gasteiger partial charge in [0.1, 0.15) is 5.78 Å². The molecule has 2 amide bonds. The highest BCUT2D eigenvalue weighted by Crippen LogP contribution is 2.29. The molecule has 3 rings (SSSR count). The number of nitrogen functional groups attached to an aromatic ring is 1. The number of nitrogens with zero attached hydrogens (tertiary/aromatic N) is 1. The van der Waals surface area contributed by atoms with E-state index in [2.05, 4.69) is 0 Å². The molecular formula is C16H16N2O4. The molecule has 0 saturated heterocycles. The minimum atomic E-state index is -0.849. The van der Waals surface area contributed by atoms with E-state index >= 15 is 0 Å². The van der Waals surface area contributed by atoms with Crippen LogP contribution in [0.15, 0.2) is 18.2 Å². The van der Waals surface area contributed by atoms with Gasteiger partial charge in [-0.1, -0.05) is 0 Å². The number of ketones is 2. The van der Waals surface area contributed by atoms with Gasteiger partial charge in [-0.05, 0) is 31.0 Å². The Kier molecular flexibility index (Phi) is 3.52. The lowest BCUT2D eigenvalue weighted by molar-refractivity contribution is -0.125. The smallest absolute Gasteiger partial charge is 0.262 e. The third-order valence-electron chi connectivity index (χ3n) is 4.20. The molecule has 6 nitrogen and oxygen atoms in total. The first kappa shape index (κ1) is 14.4. The molecule has 0 aromatic heterocycles. The van der Waals surface area contributed by atoms with Gasteiger partial charge in [0.2, 0.25) is 0 Å². The molecule has 0 spiro atoms. The van der Waals surface area contributed by atoms with E-state index in [1.165, 1.54) is 12.1 Å². The number of hydrogen-bond donors (Lipinski definition) is 1. The largest absolute Gasteiger partial charge is 0.399 e. The fourth-order valence-electron chi connectivity index (χ4n) is 3.04. The number of benzene rings is 1. The number of rotatable bonds is 1. The quantitative estimate of drug-likeness (QED) is 0.623. The number of nitrogens with two attached hydrogens (primary N) is 1. The molecule has 1 fully saturated rings. The van der Waals surface area contributed by atoms with Crippen molar-refractivity contribution in [3.8, 4) is 0 Å². The van der Waals surface area contributed by atoms with Crippen LogP contribution in [0.3, 0.4) is 0 Å². The van der Waals surface area contributed by atoms with Gasteiger partial charge in [0.05, 0.1) is 17.2 Å². The number of Topliss-reactive ketones (excluding diaryl/α,β-unsaturated/α-hetero) is 2. The summed E-state index contributed by atoms with van der Waals surface area (Å²) < 4.78 is 0. The average molecular weight is 300 g/mol. The highest BCUT2D eigenvalue weighted by Gasteiger charge is 2.42. The molecule has 2 aliphatic rings. The molecule has 2 N–H and O–H groups in total. The van der Waals surface area contributed by atoms with Crippen LogP contribution >= 0.6 is 0 Å². The summed E-state index contributed by atoms with van der Waals surface area (Å²) in [5.74, 6) is -1.07. The predicted molar refractivity (Wildman–Crippen MR) is 78.2 cm³/mol. The van der Waals surface area contributed by atoms with E-state index < -0.39 is 17.9 Å². The Morgan fingerprint density at radius 3 is 2.45 bits per heavy atom. The lowest BCUT2D eigenvalue weighted by atomic mass is 9.94. The zero-order valence-electron chi connectivity index (χ0n) is 12.0. The first-order valence-corrected chi connectivity index (χ1v) is 7.31. The lowest BCUT2D eigenvalue weighted by Gasteiger charge is -2.26. The molecule has 22 heavy (non-hydrogen) atoms. The highest BCUT2D eigenvalue weighted by atomic mass is 16.2. The van der Waals surface area contributed by atoms with Gasteiger partial charge in [-0.3, -0.25) is 24.1 Å². The summed E-state index contributed by atoms with van der Waals surface area (Å²) in [6, 6.07) is 3.66. The minimum absolute atomic E-state index is 0.0679. The van der Waals surface area contributed by atoms with Crippen molar-refractivity contribution in [2.45, 2.75) is 38.1 Å². The van der Waals surface area contributed by atoms with Gasteiger partial charge < -0.3 is 5.73 Å². The van der Waals surface area contributed by atoms with Crippen molar-refractivity contribution in [3.05, 3.63) is 29.3 Å². The number of carbonyl (C=O) groups excluding carboxylic acids is 4. The molecule has 1 aliphatic carbocycles. The zero-order chi connectivity index (χ0) is 15.9. The zero-order valence-corrected chi connectivity index (χ0v) is 12.0. The van der Waals surface area contributed by atoms with Gasteiger partial charge in [0.15, 0.2) is 5.78 Å². The number of amides is 2. The highest BCUT2D eigenvalue weighted by molar-refractivity contribution is 6.23. The Hall–Kier alpha value is -2.50. The minimum Gasteiger partial charge on any atom is -0.399 e. The van der Waals surface area contributed by atoms with Crippen molar-refractivity contribution in [2.75, 3.05) is 5.73 Å². The third-order valence-corrected chi connectivity index (χ3v) is 4.20. The Labute approximate surface area is 127 Å². The number of fused-ring (bicyclic) bond motifs is 1. The first-order valence-electron chi connectivity index (χ1n) is 7.31. The normalized spacial score (nSPS) is 22.5. The number of imide groups is 1. The molecule has 0 radical (unpaired) electrons. The molecule has 0 bridgehead atoms. The lowest BCUT2D eigenvalue weighted by Crippen LogP contribution is -2.45. The van der Waals surface area contributed by atoms with Gasteiger partial charge in [0.25, 0.3) is 11.8 Å². The maximum absolute atomic E-state index is 12.5. The SMILES string of the molecule is Nc1ccc2c(c1)C(=O)N(C1CCC(=O)CCCC1=O)C2=O. The fraction of sp³-hybridized carbons (Fsp3) is 0.375. The summed E-state index contributed by atoms with van der Waals surface area (Å²) in [6.07, 6.45) is 1.50. The molecular weight excluding hydrogens is 284 g/mol. The van der Waals surface area contributed by atoms with E-state index in [0.29, 0.717) is 18.5 Å². The van der Waals surface area contributed by atoms with Gasteiger partial charge in [-0.15, -0.1) is 0 Å². The van der Waals surface area contributed by atoms with Gasteiger partial charge in [-0.25, -0.2) is 0 Å². The molecule has 1 aromatic rings. The van der Waals surface area contributed by atoms with E-state index in [1.54, 1.807) is 6.07 Å². The molecule has 1 atom stereocenters. The maximum Gasteiger partial charge on any atom is 0.262 e. The van der Waals surface area contributed by atoms with Crippen LogP contribution < -0.4 is 5.73 Å². The summed E-state index contributed by atoms with van der Waals surface area (Å²) in [5, 5.41) is 0. The van der Waals surface area contributed by atoms with Gasteiger partial charge >= 0.3 is 0 Å². The van der Waals surface area contributed by atoms with Crippen LogP contribution in [0.4, 0.5) is 5.69 Å². The second-order valence-corrected chi connectivity index (χ2v) is 5.70. The molecule has 1 saturated carbocycles. The monoisotopic (exact) mass is 300 g/mol. The Morgan fingerprint density at radius 1 is 0.955 bits per heavy atom. The van der Waals surface area contributed by atoms with E-state index in [9.17, 15) is 19.2 Å². The van der Waals surface area contributed by atoms with Crippen LogP contribution in [0.1, 0.15) is 52.8 Å². The van der Waals surface area contributed by atoms with Crippen LogP contribution in [0.2, 0.25) is 0 Å². The number of anilines is 1. The molecule has 1 heterocycles. The van der Waals surface area contributed by atoms with E-state index in [-0.39, 0.29) is 42.0 Å².